The summed E-state index contributed by atoms with van der Waals surface area (Å²) in [5.74, 6) is -6.71. The molecular weight excluding hydrogens is 258 g/mol. The van der Waals surface area contributed by atoms with Gasteiger partial charge in [0, 0.05) is 18.8 Å². The van der Waals surface area contributed by atoms with Crippen LogP contribution >= 0.6 is 0 Å². The van der Waals surface area contributed by atoms with Gasteiger partial charge >= 0.3 is 5.97 Å². The fraction of sp³-hybridized carbons (Fsp3) is 0.600. The molecule has 2 rings (SSSR count). The number of aromatic carboxylic acids is 1. The smallest absolute Gasteiger partial charge is 0.374 e. The van der Waals surface area contributed by atoms with Gasteiger partial charge in [-0.2, -0.15) is 0 Å². The van der Waals surface area contributed by atoms with E-state index in [1.165, 1.54) is 0 Å². The van der Waals surface area contributed by atoms with Crippen molar-refractivity contribution in [3.8, 4) is 0 Å². The molecule has 1 atom stereocenters. The van der Waals surface area contributed by atoms with Crippen molar-refractivity contribution in [2.75, 3.05) is 0 Å². The Labute approximate surface area is 98.6 Å². The van der Waals surface area contributed by atoms with Crippen LogP contribution in [0.4, 0.5) is 17.6 Å². The number of aromatic nitrogens is 1. The Hall–Kier alpha value is -1.60. The molecule has 100 valence electrons. The lowest BCUT2D eigenvalue weighted by Gasteiger charge is -2.06. The van der Waals surface area contributed by atoms with Gasteiger partial charge in [0.2, 0.25) is 11.7 Å². The van der Waals surface area contributed by atoms with Crippen molar-refractivity contribution in [1.29, 1.82) is 0 Å². The summed E-state index contributed by atoms with van der Waals surface area (Å²) in [6, 6.07) is 0. The fourth-order valence-electron chi connectivity index (χ4n) is 1.99. The van der Waals surface area contributed by atoms with Gasteiger partial charge in [0.25, 0.3) is 6.43 Å². The highest BCUT2D eigenvalue weighted by Crippen LogP contribution is 2.44. The molecule has 0 aromatic carbocycles. The standard InChI is InChI=1S/C10H9F4NO3/c11-7(12)5-6(9(16)17)18-8(15-5)4-1-2-10(13,14)3-4/h4,7H,1-3H2,(H,16,17). The molecule has 18 heavy (non-hydrogen) atoms. The monoisotopic (exact) mass is 267 g/mol. The molecule has 1 N–H and O–H groups in total. The van der Waals surface area contributed by atoms with Gasteiger partial charge in [-0.25, -0.2) is 27.3 Å². The van der Waals surface area contributed by atoms with Gasteiger partial charge in [-0.1, -0.05) is 0 Å². The maximum absolute atomic E-state index is 13.0. The molecule has 1 aliphatic carbocycles. The van der Waals surface area contributed by atoms with E-state index in [2.05, 4.69) is 4.98 Å². The molecule has 0 radical (unpaired) electrons. The highest BCUT2D eigenvalue weighted by molar-refractivity contribution is 5.85. The number of rotatable bonds is 3. The van der Waals surface area contributed by atoms with Crippen LogP contribution in [-0.4, -0.2) is 22.0 Å². The Bertz CT molecular complexity index is 472. The van der Waals surface area contributed by atoms with Crippen molar-refractivity contribution in [3.63, 3.8) is 0 Å². The predicted molar refractivity (Wildman–Crippen MR) is 50.0 cm³/mol. The second-order valence-electron chi connectivity index (χ2n) is 4.17. The Morgan fingerprint density at radius 3 is 2.56 bits per heavy atom. The van der Waals surface area contributed by atoms with Gasteiger partial charge < -0.3 is 9.52 Å². The van der Waals surface area contributed by atoms with Crippen LogP contribution in [0.3, 0.4) is 0 Å². The number of hydrogen-bond donors (Lipinski definition) is 1. The third-order valence-electron chi connectivity index (χ3n) is 2.82. The number of alkyl halides is 4. The average Bonchev–Trinajstić information content (AvgIpc) is 2.80. The Morgan fingerprint density at radius 1 is 1.50 bits per heavy atom. The van der Waals surface area contributed by atoms with Crippen LogP contribution in [0.1, 0.15) is 53.7 Å². The van der Waals surface area contributed by atoms with E-state index in [9.17, 15) is 22.4 Å². The van der Waals surface area contributed by atoms with Crippen LogP contribution in [0.5, 0.6) is 0 Å². The average molecular weight is 267 g/mol. The minimum absolute atomic E-state index is 0.0370. The molecule has 8 heteroatoms. The van der Waals surface area contributed by atoms with E-state index in [0.29, 0.717) is 0 Å². The zero-order valence-corrected chi connectivity index (χ0v) is 9.00. The summed E-state index contributed by atoms with van der Waals surface area (Å²) < 4.78 is 55.6. The number of hydrogen-bond acceptors (Lipinski definition) is 3. The first-order chi connectivity index (χ1) is 8.30. The molecule has 0 bridgehead atoms. The van der Waals surface area contributed by atoms with E-state index in [4.69, 9.17) is 9.52 Å². The lowest BCUT2D eigenvalue weighted by Crippen LogP contribution is -2.09. The van der Waals surface area contributed by atoms with Crippen LogP contribution in [0, 0.1) is 0 Å². The number of halogens is 4. The summed E-state index contributed by atoms with van der Waals surface area (Å²) in [4.78, 5) is 14.0. The molecule has 1 aromatic rings. The first-order valence-corrected chi connectivity index (χ1v) is 5.20. The Balaban J connectivity index is 2.30. The first kappa shape index (κ1) is 12.8. The van der Waals surface area contributed by atoms with Gasteiger partial charge in [-0.15, -0.1) is 0 Å². The minimum Gasteiger partial charge on any atom is -0.475 e. The zero-order chi connectivity index (χ0) is 13.5. The van der Waals surface area contributed by atoms with E-state index in [1.807, 2.05) is 0 Å². The molecule has 1 aromatic heterocycles. The lowest BCUT2D eigenvalue weighted by atomic mass is 10.1. The van der Waals surface area contributed by atoms with Crippen molar-refractivity contribution in [2.45, 2.75) is 37.5 Å². The van der Waals surface area contributed by atoms with Gasteiger partial charge in [-0.3, -0.25) is 0 Å². The second-order valence-corrected chi connectivity index (χ2v) is 4.17. The quantitative estimate of drug-likeness (QED) is 0.854. The van der Waals surface area contributed by atoms with E-state index >= 15 is 0 Å². The zero-order valence-electron chi connectivity index (χ0n) is 9.00. The Kier molecular flexibility index (Phi) is 3.04. The molecule has 1 saturated carbocycles. The molecule has 1 unspecified atom stereocenters. The third kappa shape index (κ3) is 2.32. The normalized spacial score (nSPS) is 22.6. The van der Waals surface area contributed by atoms with Crippen molar-refractivity contribution in [3.05, 3.63) is 17.3 Å². The molecule has 4 nitrogen and oxygen atoms in total. The van der Waals surface area contributed by atoms with Gasteiger partial charge in [0.05, 0.1) is 0 Å². The lowest BCUT2D eigenvalue weighted by molar-refractivity contribution is 0.00703. The van der Waals surface area contributed by atoms with Gasteiger partial charge in [0.15, 0.2) is 11.6 Å². The molecule has 0 aliphatic heterocycles. The molecule has 0 spiro atoms. The maximum Gasteiger partial charge on any atom is 0.374 e. The molecule has 1 heterocycles. The van der Waals surface area contributed by atoms with Crippen molar-refractivity contribution >= 4 is 5.97 Å². The molecule has 0 amide bonds. The van der Waals surface area contributed by atoms with Crippen LogP contribution in [0.2, 0.25) is 0 Å². The molecule has 1 fully saturated rings. The molecular formula is C10H9F4NO3. The summed E-state index contributed by atoms with van der Waals surface area (Å²) in [6.45, 7) is 0. The van der Waals surface area contributed by atoms with E-state index in [-0.39, 0.29) is 18.7 Å². The number of oxazole rings is 1. The number of carboxylic acid groups (broad SMARTS) is 1. The maximum atomic E-state index is 13.0. The van der Waals surface area contributed by atoms with Crippen LogP contribution in [-0.2, 0) is 0 Å². The predicted octanol–water partition coefficient (Wildman–Crippen LogP) is 3.21. The first-order valence-electron chi connectivity index (χ1n) is 5.20. The van der Waals surface area contributed by atoms with Gasteiger partial charge in [-0.05, 0) is 6.42 Å². The third-order valence-corrected chi connectivity index (χ3v) is 2.82. The number of nitrogens with zero attached hydrogens (tertiary/aromatic N) is 1. The minimum atomic E-state index is -3.12. The van der Waals surface area contributed by atoms with Gasteiger partial charge in [0.1, 0.15) is 0 Å². The number of carboxylic acids is 1. The number of carbonyl (C=O) groups is 1. The summed E-state index contributed by atoms with van der Waals surface area (Å²) >= 11 is 0. The summed E-state index contributed by atoms with van der Waals surface area (Å²) in [5.41, 5.74) is -1.01. The fourth-order valence-corrected chi connectivity index (χ4v) is 1.99. The highest BCUT2D eigenvalue weighted by Gasteiger charge is 2.43. The Morgan fingerprint density at radius 2 is 2.17 bits per heavy atom. The SMILES string of the molecule is O=C(O)c1oc(C2CCC(F)(F)C2)nc1C(F)F. The van der Waals surface area contributed by atoms with E-state index in [1.54, 1.807) is 0 Å². The largest absolute Gasteiger partial charge is 0.475 e. The molecule has 0 saturated heterocycles. The van der Waals surface area contributed by atoms with Crippen LogP contribution < -0.4 is 0 Å². The van der Waals surface area contributed by atoms with Crippen molar-refractivity contribution in [1.82, 2.24) is 4.98 Å². The van der Waals surface area contributed by atoms with Crippen molar-refractivity contribution in [2.24, 2.45) is 0 Å². The summed E-state index contributed by atoms with van der Waals surface area (Å²) in [6.07, 6.45) is -4.02. The van der Waals surface area contributed by atoms with E-state index in [0.717, 1.165) is 0 Å². The van der Waals surface area contributed by atoms with E-state index < -0.39 is 42.1 Å². The molecule has 1 aliphatic rings. The summed E-state index contributed by atoms with van der Waals surface area (Å²) in [7, 11) is 0. The summed E-state index contributed by atoms with van der Waals surface area (Å²) in [5, 5.41) is 8.66. The second kappa shape index (κ2) is 4.25. The van der Waals surface area contributed by atoms with Crippen LogP contribution in [0.15, 0.2) is 4.42 Å². The highest BCUT2D eigenvalue weighted by atomic mass is 19.3. The van der Waals surface area contributed by atoms with Crippen molar-refractivity contribution < 1.29 is 31.9 Å². The topological polar surface area (TPSA) is 63.3 Å². The van der Waals surface area contributed by atoms with Crippen LogP contribution in [0.25, 0.3) is 0 Å².